The molecule has 0 unspecified atom stereocenters. The van der Waals surface area contributed by atoms with Crippen molar-refractivity contribution in [1.82, 2.24) is 9.97 Å². The van der Waals surface area contributed by atoms with Crippen LogP contribution in [0.1, 0.15) is 24.0 Å². The summed E-state index contributed by atoms with van der Waals surface area (Å²) in [6.45, 7) is 1.38. The molecule has 0 atom stereocenters. The Kier molecular flexibility index (Phi) is 4.75. The molecule has 1 aromatic heterocycles. The summed E-state index contributed by atoms with van der Waals surface area (Å²) in [5, 5.41) is 6.94. The van der Waals surface area contributed by atoms with E-state index < -0.39 is 0 Å². The first-order chi connectivity index (χ1) is 10.8. The molecule has 5 nitrogen and oxygen atoms in total. The maximum atomic E-state index is 6.11. The van der Waals surface area contributed by atoms with Gasteiger partial charge >= 0.3 is 0 Å². The van der Waals surface area contributed by atoms with E-state index in [2.05, 4.69) is 38.8 Å². The molecule has 22 heavy (non-hydrogen) atoms. The third-order valence-corrected chi connectivity index (χ3v) is 4.05. The number of rotatable bonds is 6. The number of fused-ring (bicyclic) bond motifs is 1. The van der Waals surface area contributed by atoms with Gasteiger partial charge in [0.1, 0.15) is 10.8 Å². The van der Waals surface area contributed by atoms with Gasteiger partial charge in [-0.05, 0) is 55.5 Å². The van der Waals surface area contributed by atoms with Crippen LogP contribution in [0.15, 0.2) is 24.4 Å². The smallest absolute Gasteiger partial charge is 0.229 e. The van der Waals surface area contributed by atoms with Crippen LogP contribution in [0.4, 0.5) is 17.5 Å². The van der Waals surface area contributed by atoms with E-state index in [4.69, 9.17) is 17.3 Å². The third-order valence-electron chi connectivity index (χ3n) is 3.77. The number of aromatic nitrogens is 2. The molecule has 116 valence electrons. The number of benzene rings is 1. The van der Waals surface area contributed by atoms with Gasteiger partial charge < -0.3 is 16.4 Å². The largest absolute Gasteiger partial charge is 0.369 e. The lowest BCUT2D eigenvalue weighted by molar-refractivity contribution is 0.869. The normalized spacial score (nSPS) is 13.0. The molecule has 2 aromatic rings. The van der Waals surface area contributed by atoms with E-state index in [0.717, 1.165) is 25.1 Å². The van der Waals surface area contributed by atoms with E-state index in [1.807, 2.05) is 0 Å². The Morgan fingerprint density at radius 3 is 2.95 bits per heavy atom. The van der Waals surface area contributed by atoms with Crippen LogP contribution < -0.4 is 16.4 Å². The van der Waals surface area contributed by atoms with Crippen LogP contribution in [0, 0.1) is 0 Å². The summed E-state index contributed by atoms with van der Waals surface area (Å²) in [7, 11) is 0. The molecule has 1 aliphatic carbocycles. The molecular formula is C16H20ClN5. The van der Waals surface area contributed by atoms with Crippen molar-refractivity contribution in [3.05, 3.63) is 40.5 Å². The van der Waals surface area contributed by atoms with Crippen LogP contribution in [0.2, 0.25) is 5.02 Å². The number of nitrogens with zero attached hydrogens (tertiary/aromatic N) is 2. The van der Waals surface area contributed by atoms with Crippen molar-refractivity contribution >= 4 is 29.1 Å². The maximum absolute atomic E-state index is 6.11. The van der Waals surface area contributed by atoms with Crippen LogP contribution in [-0.2, 0) is 12.8 Å². The lowest BCUT2D eigenvalue weighted by Crippen LogP contribution is -2.10. The lowest BCUT2D eigenvalue weighted by Gasteiger charge is -2.10. The number of nitrogens with one attached hydrogen (secondary N) is 2. The van der Waals surface area contributed by atoms with Gasteiger partial charge in [-0.2, -0.15) is 4.98 Å². The highest BCUT2D eigenvalue weighted by Crippen LogP contribution is 2.27. The van der Waals surface area contributed by atoms with Gasteiger partial charge in [0.05, 0.1) is 6.20 Å². The van der Waals surface area contributed by atoms with Gasteiger partial charge in [-0.25, -0.2) is 4.98 Å². The van der Waals surface area contributed by atoms with E-state index in [9.17, 15) is 0 Å². The molecule has 3 rings (SSSR count). The summed E-state index contributed by atoms with van der Waals surface area (Å²) < 4.78 is 0. The zero-order valence-corrected chi connectivity index (χ0v) is 13.2. The highest BCUT2D eigenvalue weighted by molar-refractivity contribution is 6.32. The molecule has 4 N–H and O–H groups in total. The van der Waals surface area contributed by atoms with Crippen molar-refractivity contribution in [3.8, 4) is 0 Å². The Hall–Kier alpha value is -1.85. The Morgan fingerprint density at radius 2 is 2.09 bits per heavy atom. The highest BCUT2D eigenvalue weighted by atomic mass is 35.5. The van der Waals surface area contributed by atoms with E-state index in [0.29, 0.717) is 23.3 Å². The van der Waals surface area contributed by atoms with Crippen LogP contribution >= 0.6 is 11.6 Å². The SMILES string of the molecule is NCCCNc1nc(Nc2ccc3c(c2)CCC3)ncc1Cl. The molecule has 1 aromatic carbocycles. The zero-order chi connectivity index (χ0) is 15.4. The predicted octanol–water partition coefficient (Wildman–Crippen LogP) is 3.12. The van der Waals surface area contributed by atoms with Crippen LogP contribution in [0.25, 0.3) is 0 Å². The third kappa shape index (κ3) is 3.48. The molecular weight excluding hydrogens is 298 g/mol. The first-order valence-corrected chi connectivity index (χ1v) is 7.99. The van der Waals surface area contributed by atoms with Gasteiger partial charge in [0.25, 0.3) is 0 Å². The number of aryl methyl sites for hydroxylation is 2. The van der Waals surface area contributed by atoms with E-state index in [1.54, 1.807) is 6.20 Å². The van der Waals surface area contributed by atoms with E-state index in [-0.39, 0.29) is 0 Å². The molecule has 6 heteroatoms. The van der Waals surface area contributed by atoms with E-state index >= 15 is 0 Å². The zero-order valence-electron chi connectivity index (χ0n) is 12.4. The van der Waals surface area contributed by atoms with Gasteiger partial charge in [0.2, 0.25) is 5.95 Å². The minimum atomic E-state index is 0.511. The summed E-state index contributed by atoms with van der Waals surface area (Å²) >= 11 is 6.11. The van der Waals surface area contributed by atoms with Gasteiger partial charge in [0, 0.05) is 12.2 Å². The van der Waals surface area contributed by atoms with Gasteiger partial charge in [0.15, 0.2) is 0 Å². The molecule has 0 saturated heterocycles. The predicted molar refractivity (Wildman–Crippen MR) is 91.0 cm³/mol. The topological polar surface area (TPSA) is 75.9 Å². The minimum Gasteiger partial charge on any atom is -0.369 e. The number of hydrogen-bond acceptors (Lipinski definition) is 5. The Balaban J connectivity index is 1.73. The fourth-order valence-corrected chi connectivity index (χ4v) is 2.80. The number of anilines is 3. The van der Waals surface area contributed by atoms with Crippen LogP contribution in [-0.4, -0.2) is 23.1 Å². The van der Waals surface area contributed by atoms with Crippen molar-refractivity contribution < 1.29 is 0 Å². The quantitative estimate of drug-likeness (QED) is 0.714. The number of nitrogens with two attached hydrogens (primary N) is 1. The minimum absolute atomic E-state index is 0.511. The molecule has 0 bridgehead atoms. The van der Waals surface area contributed by atoms with E-state index in [1.165, 1.54) is 24.0 Å². The van der Waals surface area contributed by atoms with Crippen LogP contribution in [0.3, 0.4) is 0 Å². The monoisotopic (exact) mass is 317 g/mol. The average molecular weight is 318 g/mol. The summed E-state index contributed by atoms with van der Waals surface area (Å²) in [5.74, 6) is 1.17. The van der Waals surface area contributed by atoms with Crippen molar-refractivity contribution in [2.45, 2.75) is 25.7 Å². The second kappa shape index (κ2) is 6.94. The van der Waals surface area contributed by atoms with Gasteiger partial charge in [-0.15, -0.1) is 0 Å². The summed E-state index contributed by atoms with van der Waals surface area (Å²) in [4.78, 5) is 8.66. The summed E-state index contributed by atoms with van der Waals surface area (Å²) in [5.41, 5.74) is 9.37. The van der Waals surface area contributed by atoms with Crippen molar-refractivity contribution in [3.63, 3.8) is 0 Å². The van der Waals surface area contributed by atoms with Gasteiger partial charge in [-0.3, -0.25) is 0 Å². The molecule has 0 saturated carbocycles. The van der Waals surface area contributed by atoms with Crippen LogP contribution in [0.5, 0.6) is 0 Å². The van der Waals surface area contributed by atoms with Crippen molar-refractivity contribution in [1.29, 1.82) is 0 Å². The molecule has 1 aliphatic rings. The highest BCUT2D eigenvalue weighted by Gasteiger charge is 2.11. The Morgan fingerprint density at radius 1 is 1.23 bits per heavy atom. The summed E-state index contributed by atoms with van der Waals surface area (Å²) in [6, 6.07) is 6.44. The average Bonchev–Trinajstić information content (AvgIpc) is 2.98. The molecule has 1 heterocycles. The number of hydrogen-bond donors (Lipinski definition) is 3. The molecule has 0 radical (unpaired) electrons. The second-order valence-corrected chi connectivity index (χ2v) is 5.83. The molecule has 0 fully saturated rings. The second-order valence-electron chi connectivity index (χ2n) is 5.42. The standard InChI is InChI=1S/C16H20ClN5/c17-14-10-20-16(22-15(14)19-8-2-7-18)21-13-6-5-11-3-1-4-12(11)9-13/h5-6,9-10H,1-4,7-8,18H2,(H2,19,20,21,22). The Bertz CT molecular complexity index is 659. The van der Waals surface area contributed by atoms with Gasteiger partial charge in [-0.1, -0.05) is 17.7 Å². The summed E-state index contributed by atoms with van der Waals surface area (Å²) in [6.07, 6.45) is 6.05. The van der Waals surface area contributed by atoms with Crippen molar-refractivity contribution in [2.24, 2.45) is 5.73 Å². The first kappa shape index (κ1) is 15.1. The molecule has 0 spiro atoms. The Labute approximate surface area is 135 Å². The molecule has 0 amide bonds. The molecule has 0 aliphatic heterocycles. The fraction of sp³-hybridized carbons (Fsp3) is 0.375. The maximum Gasteiger partial charge on any atom is 0.229 e. The lowest BCUT2D eigenvalue weighted by atomic mass is 10.1. The first-order valence-electron chi connectivity index (χ1n) is 7.61. The fourth-order valence-electron chi connectivity index (χ4n) is 2.64. The van der Waals surface area contributed by atoms with Crippen molar-refractivity contribution in [2.75, 3.05) is 23.7 Å². The number of halogens is 1.